The summed E-state index contributed by atoms with van der Waals surface area (Å²) in [5.74, 6) is -0.481. The van der Waals surface area contributed by atoms with Gasteiger partial charge in [-0.25, -0.2) is 4.79 Å². The highest BCUT2D eigenvalue weighted by Gasteiger charge is 2.21. The number of hydrogen-bond acceptors (Lipinski definition) is 4. The molecule has 0 heterocycles. The van der Waals surface area contributed by atoms with E-state index < -0.39 is 23.6 Å². The third kappa shape index (κ3) is 6.25. The van der Waals surface area contributed by atoms with Gasteiger partial charge in [-0.1, -0.05) is 23.2 Å². The summed E-state index contributed by atoms with van der Waals surface area (Å²) in [7, 11) is 0. The Kier molecular flexibility index (Phi) is 6.68. The quantitative estimate of drug-likeness (QED) is 0.766. The maximum Gasteiger partial charge on any atom is 0.408 e. The molecule has 0 aliphatic rings. The van der Waals surface area contributed by atoms with E-state index in [9.17, 15) is 9.59 Å². The van der Waals surface area contributed by atoms with Crippen molar-refractivity contribution in [2.75, 3.05) is 5.32 Å². The second kappa shape index (κ2) is 7.86. The molecule has 0 spiro atoms. The average molecular weight is 363 g/mol. The van der Waals surface area contributed by atoms with Crippen LogP contribution >= 0.6 is 23.2 Å². The largest absolute Gasteiger partial charge is 0.444 e. The molecule has 0 radical (unpaired) electrons. The first-order valence-corrected chi connectivity index (χ1v) is 7.68. The van der Waals surface area contributed by atoms with Gasteiger partial charge in [0.15, 0.2) is 0 Å². The first-order valence-electron chi connectivity index (χ1n) is 6.92. The molecule has 0 aromatic heterocycles. The summed E-state index contributed by atoms with van der Waals surface area (Å²) in [6.07, 6.45) is -0.695. The molecular weight excluding hydrogens is 343 g/mol. The normalized spacial score (nSPS) is 12.5. The molecule has 128 valence electrons. The van der Waals surface area contributed by atoms with E-state index >= 15 is 0 Å². The zero-order valence-electron chi connectivity index (χ0n) is 13.4. The van der Waals surface area contributed by atoms with Gasteiger partial charge in [0.2, 0.25) is 5.91 Å². The lowest BCUT2D eigenvalue weighted by Gasteiger charge is -2.21. The fourth-order valence-electron chi connectivity index (χ4n) is 1.60. The van der Waals surface area contributed by atoms with E-state index in [-0.39, 0.29) is 22.3 Å². The SMILES string of the molecule is C[C@H](NC(=O)OC(C)(C)C)C(=O)Nc1cc(Cl)c(CO)cc1Cl. The number of benzene rings is 1. The summed E-state index contributed by atoms with van der Waals surface area (Å²) in [6, 6.07) is 2.07. The van der Waals surface area contributed by atoms with Gasteiger partial charge in [-0.05, 0) is 45.4 Å². The minimum absolute atomic E-state index is 0.233. The molecule has 0 saturated heterocycles. The van der Waals surface area contributed by atoms with Crippen LogP contribution in [0, 0.1) is 0 Å². The predicted octanol–water partition coefficient (Wildman–Crippen LogP) is 3.34. The number of carbonyl (C=O) groups excluding carboxylic acids is 2. The minimum Gasteiger partial charge on any atom is -0.444 e. The molecule has 0 aliphatic heterocycles. The van der Waals surface area contributed by atoms with Crippen molar-refractivity contribution in [3.05, 3.63) is 27.7 Å². The number of hydrogen-bond donors (Lipinski definition) is 3. The highest BCUT2D eigenvalue weighted by atomic mass is 35.5. The molecule has 0 fully saturated rings. The number of nitrogens with one attached hydrogen (secondary N) is 2. The summed E-state index contributed by atoms with van der Waals surface area (Å²) in [5, 5.41) is 14.6. The third-order valence-corrected chi connectivity index (χ3v) is 3.36. The Morgan fingerprint density at radius 1 is 1.26 bits per heavy atom. The van der Waals surface area contributed by atoms with Gasteiger partial charge in [-0.15, -0.1) is 0 Å². The van der Waals surface area contributed by atoms with Crippen molar-refractivity contribution < 1.29 is 19.4 Å². The van der Waals surface area contributed by atoms with Gasteiger partial charge >= 0.3 is 6.09 Å². The van der Waals surface area contributed by atoms with Crippen LogP contribution in [0.5, 0.6) is 0 Å². The molecule has 2 amide bonds. The van der Waals surface area contributed by atoms with Gasteiger partial charge in [0.05, 0.1) is 17.3 Å². The summed E-state index contributed by atoms with van der Waals surface area (Å²) in [5.41, 5.74) is 0.0864. The summed E-state index contributed by atoms with van der Waals surface area (Å²) in [6.45, 7) is 6.42. The van der Waals surface area contributed by atoms with Crippen LogP contribution in [0.2, 0.25) is 10.0 Å². The number of aliphatic hydroxyl groups is 1. The Balaban J connectivity index is 2.72. The molecule has 6 nitrogen and oxygen atoms in total. The average Bonchev–Trinajstić information content (AvgIpc) is 2.39. The lowest BCUT2D eigenvalue weighted by atomic mass is 10.2. The zero-order valence-corrected chi connectivity index (χ0v) is 14.9. The molecule has 23 heavy (non-hydrogen) atoms. The number of halogens is 2. The number of amides is 2. The van der Waals surface area contributed by atoms with Gasteiger partial charge in [0, 0.05) is 5.02 Å². The van der Waals surface area contributed by atoms with Crippen LogP contribution in [0.3, 0.4) is 0 Å². The third-order valence-electron chi connectivity index (χ3n) is 2.69. The van der Waals surface area contributed by atoms with Crippen LogP contribution < -0.4 is 10.6 Å². The van der Waals surface area contributed by atoms with Crippen molar-refractivity contribution in [3.63, 3.8) is 0 Å². The van der Waals surface area contributed by atoms with Crippen molar-refractivity contribution in [3.8, 4) is 0 Å². The zero-order chi connectivity index (χ0) is 17.8. The van der Waals surface area contributed by atoms with Gasteiger partial charge < -0.3 is 20.5 Å². The standard InChI is InChI=1S/C15H20Cl2N2O4/c1-8(18-14(22)23-15(2,3)4)13(21)19-12-6-10(16)9(7-20)5-11(12)17/h5-6,8,20H,7H2,1-4H3,(H,18,22)(H,19,21)/t8-/m0/s1. The number of aliphatic hydroxyl groups excluding tert-OH is 1. The van der Waals surface area contributed by atoms with Crippen LogP contribution in [0.15, 0.2) is 12.1 Å². The topological polar surface area (TPSA) is 87.7 Å². The second-order valence-electron chi connectivity index (χ2n) is 5.94. The Labute approximate surface area is 145 Å². The fourth-order valence-corrected chi connectivity index (χ4v) is 2.05. The van der Waals surface area contributed by atoms with E-state index in [0.717, 1.165) is 0 Å². The molecule has 8 heteroatoms. The van der Waals surface area contributed by atoms with Gasteiger partial charge in [0.25, 0.3) is 0 Å². The van der Waals surface area contributed by atoms with Crippen molar-refractivity contribution in [2.45, 2.75) is 45.9 Å². The van der Waals surface area contributed by atoms with E-state index in [4.69, 9.17) is 33.0 Å². The highest BCUT2D eigenvalue weighted by molar-refractivity contribution is 6.36. The van der Waals surface area contributed by atoms with E-state index in [1.807, 2.05) is 0 Å². The van der Waals surface area contributed by atoms with E-state index in [1.54, 1.807) is 20.8 Å². The second-order valence-corrected chi connectivity index (χ2v) is 6.75. The highest BCUT2D eigenvalue weighted by Crippen LogP contribution is 2.29. The minimum atomic E-state index is -0.836. The van der Waals surface area contributed by atoms with Crippen LogP contribution in [-0.4, -0.2) is 28.7 Å². The monoisotopic (exact) mass is 362 g/mol. The molecular formula is C15H20Cl2N2O4. The van der Waals surface area contributed by atoms with Crippen LogP contribution in [0.1, 0.15) is 33.3 Å². The molecule has 3 N–H and O–H groups in total. The van der Waals surface area contributed by atoms with Crippen LogP contribution in [0.4, 0.5) is 10.5 Å². The summed E-state index contributed by atoms with van der Waals surface area (Å²) < 4.78 is 5.08. The van der Waals surface area contributed by atoms with Crippen molar-refractivity contribution in [1.29, 1.82) is 0 Å². The number of carbonyl (C=O) groups is 2. The molecule has 1 rings (SSSR count). The van der Waals surface area contributed by atoms with Gasteiger partial charge in [0.1, 0.15) is 11.6 Å². The Morgan fingerprint density at radius 2 is 1.87 bits per heavy atom. The number of alkyl carbamates (subject to hydrolysis) is 1. The van der Waals surface area contributed by atoms with Crippen LogP contribution in [0.25, 0.3) is 0 Å². The Morgan fingerprint density at radius 3 is 2.39 bits per heavy atom. The van der Waals surface area contributed by atoms with Gasteiger partial charge in [-0.2, -0.15) is 0 Å². The first-order chi connectivity index (χ1) is 10.5. The summed E-state index contributed by atoms with van der Waals surface area (Å²) >= 11 is 12.0. The molecule has 1 aromatic rings. The maximum absolute atomic E-state index is 12.1. The molecule has 0 unspecified atom stereocenters. The maximum atomic E-state index is 12.1. The van der Waals surface area contributed by atoms with E-state index in [0.29, 0.717) is 5.56 Å². The molecule has 0 bridgehead atoms. The number of anilines is 1. The first kappa shape index (κ1) is 19.5. The summed E-state index contributed by atoms with van der Waals surface area (Å²) in [4.78, 5) is 23.7. The number of ether oxygens (including phenoxy) is 1. The fraction of sp³-hybridized carbons (Fsp3) is 0.467. The smallest absolute Gasteiger partial charge is 0.408 e. The molecule has 1 atom stereocenters. The predicted molar refractivity (Wildman–Crippen MR) is 89.8 cm³/mol. The van der Waals surface area contributed by atoms with E-state index in [1.165, 1.54) is 19.1 Å². The van der Waals surface area contributed by atoms with Crippen molar-refractivity contribution >= 4 is 40.9 Å². The van der Waals surface area contributed by atoms with Crippen LogP contribution in [-0.2, 0) is 16.1 Å². The van der Waals surface area contributed by atoms with Gasteiger partial charge in [-0.3, -0.25) is 4.79 Å². The van der Waals surface area contributed by atoms with E-state index in [2.05, 4.69) is 10.6 Å². The molecule has 0 aliphatic carbocycles. The van der Waals surface area contributed by atoms with Crippen molar-refractivity contribution in [1.82, 2.24) is 5.32 Å². The lowest BCUT2D eigenvalue weighted by molar-refractivity contribution is -0.117. The molecule has 0 saturated carbocycles. The Hall–Kier alpha value is -1.50. The lowest BCUT2D eigenvalue weighted by Crippen LogP contribution is -2.44. The number of rotatable bonds is 4. The Bertz CT molecular complexity index is 600. The van der Waals surface area contributed by atoms with Crippen molar-refractivity contribution in [2.24, 2.45) is 0 Å². The molecule has 1 aromatic carbocycles.